The summed E-state index contributed by atoms with van der Waals surface area (Å²) in [6.07, 6.45) is 3.15. The number of aromatic nitrogens is 3. The summed E-state index contributed by atoms with van der Waals surface area (Å²) < 4.78 is 15.6. The maximum absolute atomic E-state index is 13.9. The van der Waals surface area contributed by atoms with E-state index in [1.165, 1.54) is 12.4 Å². The van der Waals surface area contributed by atoms with E-state index in [-0.39, 0.29) is 11.9 Å². The van der Waals surface area contributed by atoms with E-state index in [2.05, 4.69) is 22.3 Å². The number of hydrogen-bond acceptors (Lipinski definition) is 3. The van der Waals surface area contributed by atoms with Crippen LogP contribution in [-0.2, 0) is 13.5 Å². The molecule has 4 nitrogen and oxygen atoms in total. The highest BCUT2D eigenvalue weighted by Crippen LogP contribution is 2.20. The molecule has 19 heavy (non-hydrogen) atoms. The van der Waals surface area contributed by atoms with Gasteiger partial charge >= 0.3 is 0 Å². The topological polar surface area (TPSA) is 42.7 Å². The van der Waals surface area contributed by atoms with Gasteiger partial charge in [0.15, 0.2) is 0 Å². The molecule has 0 aliphatic heterocycles. The third-order valence-electron chi connectivity index (χ3n) is 3.11. The Morgan fingerprint density at radius 1 is 1.37 bits per heavy atom. The van der Waals surface area contributed by atoms with E-state index in [4.69, 9.17) is 0 Å². The average molecular weight is 262 g/mol. The lowest BCUT2D eigenvalue weighted by molar-refractivity contribution is 0.481. The van der Waals surface area contributed by atoms with Gasteiger partial charge in [-0.25, -0.2) is 9.37 Å². The normalized spacial score (nSPS) is 12.6. The number of nitrogens with one attached hydrogen (secondary N) is 1. The minimum Gasteiger partial charge on any atom is -0.309 e. The zero-order chi connectivity index (χ0) is 13.7. The summed E-state index contributed by atoms with van der Waals surface area (Å²) in [4.78, 5) is 4.21. The number of halogens is 1. The predicted molar refractivity (Wildman–Crippen MR) is 72.1 cm³/mol. The van der Waals surface area contributed by atoms with Crippen molar-refractivity contribution in [3.05, 3.63) is 47.8 Å². The fraction of sp³-hybridized carbons (Fsp3) is 0.429. The Balaban J connectivity index is 2.21. The Morgan fingerprint density at radius 2 is 2.16 bits per heavy atom. The van der Waals surface area contributed by atoms with Gasteiger partial charge < -0.3 is 5.32 Å². The van der Waals surface area contributed by atoms with Crippen LogP contribution >= 0.6 is 0 Å². The highest BCUT2D eigenvalue weighted by molar-refractivity contribution is 5.22. The molecule has 1 heterocycles. The van der Waals surface area contributed by atoms with Gasteiger partial charge in [0.05, 0.1) is 0 Å². The zero-order valence-electron chi connectivity index (χ0n) is 11.3. The van der Waals surface area contributed by atoms with Gasteiger partial charge in [0.25, 0.3) is 0 Å². The van der Waals surface area contributed by atoms with E-state index in [0.717, 1.165) is 18.8 Å². The van der Waals surface area contributed by atoms with E-state index in [1.54, 1.807) is 10.7 Å². The second kappa shape index (κ2) is 6.43. The van der Waals surface area contributed by atoms with Crippen LogP contribution in [0.1, 0.15) is 30.8 Å². The van der Waals surface area contributed by atoms with Crippen molar-refractivity contribution in [1.82, 2.24) is 20.1 Å². The van der Waals surface area contributed by atoms with Gasteiger partial charge in [0.2, 0.25) is 0 Å². The lowest BCUT2D eigenvalue weighted by atomic mass is 10.0. The van der Waals surface area contributed by atoms with Gasteiger partial charge in [-0.2, -0.15) is 5.10 Å². The number of hydrogen-bond donors (Lipinski definition) is 1. The highest BCUT2D eigenvalue weighted by Gasteiger charge is 2.17. The minimum absolute atomic E-state index is 0.0796. The SMILES string of the molecule is CCCNC(Cc1ncnn1C)c1ccccc1F. The standard InChI is InChI=1S/C14H19FN4/c1-3-8-16-13(9-14-17-10-18-19(14)2)11-6-4-5-7-12(11)15/h4-7,10,13,16H,3,8-9H2,1-2H3. The molecule has 1 aromatic carbocycles. The van der Waals surface area contributed by atoms with E-state index in [0.29, 0.717) is 12.0 Å². The van der Waals surface area contributed by atoms with E-state index >= 15 is 0 Å². The Bertz CT molecular complexity index is 524. The number of aryl methyl sites for hydroxylation is 1. The van der Waals surface area contributed by atoms with Crippen LogP contribution in [0.2, 0.25) is 0 Å². The summed E-state index contributed by atoms with van der Waals surface area (Å²) in [6.45, 7) is 2.94. The molecule has 2 rings (SSSR count). The van der Waals surface area contributed by atoms with Crippen molar-refractivity contribution in [1.29, 1.82) is 0 Å². The molecule has 0 aliphatic rings. The van der Waals surface area contributed by atoms with Gasteiger partial charge in [-0.05, 0) is 19.0 Å². The molecule has 5 heteroatoms. The third-order valence-corrected chi connectivity index (χ3v) is 3.11. The molecular formula is C14H19FN4. The van der Waals surface area contributed by atoms with Crippen LogP contribution in [0, 0.1) is 5.82 Å². The summed E-state index contributed by atoms with van der Waals surface area (Å²) in [5, 5.41) is 7.42. The highest BCUT2D eigenvalue weighted by atomic mass is 19.1. The Hall–Kier alpha value is -1.75. The van der Waals surface area contributed by atoms with Gasteiger partial charge in [0.1, 0.15) is 18.0 Å². The number of nitrogens with zero attached hydrogens (tertiary/aromatic N) is 3. The van der Waals surface area contributed by atoms with Crippen LogP contribution in [0.3, 0.4) is 0 Å². The number of benzene rings is 1. The van der Waals surface area contributed by atoms with E-state index in [9.17, 15) is 4.39 Å². The fourth-order valence-corrected chi connectivity index (χ4v) is 2.06. The Morgan fingerprint density at radius 3 is 2.79 bits per heavy atom. The molecule has 1 aromatic heterocycles. The summed E-state index contributed by atoms with van der Waals surface area (Å²) >= 11 is 0. The van der Waals surface area contributed by atoms with Crippen LogP contribution in [0.4, 0.5) is 4.39 Å². The predicted octanol–water partition coefficient (Wildman–Crippen LogP) is 2.24. The molecule has 0 amide bonds. The van der Waals surface area contributed by atoms with Gasteiger partial charge in [-0.1, -0.05) is 25.1 Å². The van der Waals surface area contributed by atoms with Crippen molar-refractivity contribution < 1.29 is 4.39 Å². The molecule has 102 valence electrons. The van der Waals surface area contributed by atoms with Crippen molar-refractivity contribution in [3.8, 4) is 0 Å². The van der Waals surface area contributed by atoms with Crippen molar-refractivity contribution in [2.45, 2.75) is 25.8 Å². The molecule has 1 unspecified atom stereocenters. The van der Waals surface area contributed by atoms with E-state index < -0.39 is 0 Å². The van der Waals surface area contributed by atoms with Crippen LogP contribution in [-0.4, -0.2) is 21.3 Å². The first kappa shape index (κ1) is 13.7. The molecule has 1 atom stereocenters. The monoisotopic (exact) mass is 262 g/mol. The molecule has 2 aromatic rings. The molecule has 0 aliphatic carbocycles. The lowest BCUT2D eigenvalue weighted by Crippen LogP contribution is -2.26. The van der Waals surface area contributed by atoms with E-state index in [1.807, 2.05) is 19.2 Å². The van der Waals surface area contributed by atoms with Crippen molar-refractivity contribution >= 4 is 0 Å². The van der Waals surface area contributed by atoms with Crippen molar-refractivity contribution in [3.63, 3.8) is 0 Å². The average Bonchev–Trinajstić information content (AvgIpc) is 2.81. The smallest absolute Gasteiger partial charge is 0.138 e. The van der Waals surface area contributed by atoms with Crippen LogP contribution < -0.4 is 5.32 Å². The van der Waals surface area contributed by atoms with Crippen LogP contribution in [0.25, 0.3) is 0 Å². The number of rotatable bonds is 6. The summed E-state index contributed by atoms with van der Waals surface area (Å²) in [5.41, 5.74) is 0.680. The second-order valence-electron chi connectivity index (χ2n) is 4.53. The first-order chi connectivity index (χ1) is 9.22. The maximum atomic E-state index is 13.9. The van der Waals surface area contributed by atoms with Gasteiger partial charge in [-0.3, -0.25) is 4.68 Å². The molecule has 0 bridgehead atoms. The Kier molecular flexibility index (Phi) is 4.63. The van der Waals surface area contributed by atoms with Crippen LogP contribution in [0.5, 0.6) is 0 Å². The lowest BCUT2D eigenvalue weighted by Gasteiger charge is -2.19. The maximum Gasteiger partial charge on any atom is 0.138 e. The third kappa shape index (κ3) is 3.38. The van der Waals surface area contributed by atoms with Crippen LogP contribution in [0.15, 0.2) is 30.6 Å². The molecule has 1 N–H and O–H groups in total. The quantitative estimate of drug-likeness (QED) is 0.868. The molecule has 0 saturated carbocycles. The van der Waals surface area contributed by atoms with Crippen molar-refractivity contribution in [2.75, 3.05) is 6.54 Å². The zero-order valence-corrected chi connectivity index (χ0v) is 11.3. The van der Waals surface area contributed by atoms with Crippen molar-refractivity contribution in [2.24, 2.45) is 7.05 Å². The molecule has 0 radical (unpaired) electrons. The second-order valence-corrected chi connectivity index (χ2v) is 4.53. The molecule has 0 saturated heterocycles. The molecular weight excluding hydrogens is 243 g/mol. The summed E-state index contributed by atoms with van der Waals surface area (Å²) in [7, 11) is 1.85. The fourth-order valence-electron chi connectivity index (χ4n) is 2.06. The molecule has 0 fully saturated rings. The summed E-state index contributed by atoms with van der Waals surface area (Å²) in [6, 6.07) is 6.79. The van der Waals surface area contributed by atoms with Gasteiger partial charge in [-0.15, -0.1) is 0 Å². The molecule has 0 spiro atoms. The Labute approximate surface area is 112 Å². The first-order valence-electron chi connectivity index (χ1n) is 6.53. The van der Waals surface area contributed by atoms with Gasteiger partial charge in [0, 0.05) is 25.1 Å². The minimum atomic E-state index is -0.182. The summed E-state index contributed by atoms with van der Waals surface area (Å²) in [5.74, 6) is 0.662. The largest absolute Gasteiger partial charge is 0.309 e. The first-order valence-corrected chi connectivity index (χ1v) is 6.53.